The standard InChI is InChI=1S/C19H14ClF3N2O2/c1-10-7-14(24)15(9-13(10)20)25-18(26)17-6-5-16(27-17)11-3-2-4-12(8-11)19(21,22)23/h2-9H,24H2,1H3,(H,25,26). The van der Waals surface area contributed by atoms with Crippen LogP contribution in [0.4, 0.5) is 24.5 Å². The minimum Gasteiger partial charge on any atom is -0.451 e. The fourth-order valence-electron chi connectivity index (χ4n) is 2.46. The van der Waals surface area contributed by atoms with Crippen molar-refractivity contribution in [1.82, 2.24) is 0 Å². The third-order valence-corrected chi connectivity index (χ3v) is 4.29. The zero-order chi connectivity index (χ0) is 19.8. The predicted octanol–water partition coefficient (Wildman–Crippen LogP) is 5.76. The first-order valence-electron chi connectivity index (χ1n) is 7.79. The van der Waals surface area contributed by atoms with E-state index in [1.165, 1.54) is 30.3 Å². The average Bonchev–Trinajstić information content (AvgIpc) is 3.09. The minimum atomic E-state index is -4.47. The van der Waals surface area contributed by atoms with Crippen LogP contribution in [0.3, 0.4) is 0 Å². The SMILES string of the molecule is Cc1cc(N)c(NC(=O)c2ccc(-c3cccc(C(F)(F)F)c3)o2)cc1Cl. The van der Waals surface area contributed by atoms with Crippen molar-refractivity contribution in [1.29, 1.82) is 0 Å². The molecule has 2 aromatic carbocycles. The molecule has 4 nitrogen and oxygen atoms in total. The maximum Gasteiger partial charge on any atom is 0.416 e. The number of nitrogen functional groups attached to an aromatic ring is 1. The summed E-state index contributed by atoms with van der Waals surface area (Å²) < 4.78 is 43.9. The molecule has 0 spiro atoms. The number of hydrogen-bond acceptors (Lipinski definition) is 3. The van der Waals surface area contributed by atoms with E-state index < -0.39 is 17.6 Å². The molecule has 27 heavy (non-hydrogen) atoms. The molecule has 0 bridgehead atoms. The highest BCUT2D eigenvalue weighted by Crippen LogP contribution is 2.33. The van der Waals surface area contributed by atoms with Gasteiger partial charge in [0.2, 0.25) is 0 Å². The van der Waals surface area contributed by atoms with Crippen molar-refractivity contribution in [3.63, 3.8) is 0 Å². The number of carbonyl (C=O) groups is 1. The van der Waals surface area contributed by atoms with Crippen LogP contribution in [0.2, 0.25) is 5.02 Å². The minimum absolute atomic E-state index is 0.0708. The Hall–Kier alpha value is -2.93. The Balaban J connectivity index is 1.84. The molecular formula is C19H14ClF3N2O2. The first kappa shape index (κ1) is 18.8. The van der Waals surface area contributed by atoms with E-state index in [1.807, 2.05) is 0 Å². The van der Waals surface area contributed by atoms with Crippen LogP contribution in [0.1, 0.15) is 21.7 Å². The summed E-state index contributed by atoms with van der Waals surface area (Å²) in [6.07, 6.45) is -4.47. The Morgan fingerprint density at radius 2 is 1.89 bits per heavy atom. The maximum atomic E-state index is 12.8. The number of aryl methyl sites for hydroxylation is 1. The summed E-state index contributed by atoms with van der Waals surface area (Å²) in [4.78, 5) is 12.3. The third-order valence-electron chi connectivity index (χ3n) is 3.88. The number of hydrogen-bond donors (Lipinski definition) is 2. The van der Waals surface area contributed by atoms with E-state index in [9.17, 15) is 18.0 Å². The molecule has 0 unspecified atom stereocenters. The molecule has 8 heteroatoms. The second-order valence-electron chi connectivity index (χ2n) is 5.89. The molecule has 0 radical (unpaired) electrons. The van der Waals surface area contributed by atoms with E-state index in [4.69, 9.17) is 21.8 Å². The quantitative estimate of drug-likeness (QED) is 0.555. The molecule has 0 aliphatic carbocycles. The molecule has 3 aromatic rings. The van der Waals surface area contributed by atoms with E-state index in [1.54, 1.807) is 13.0 Å². The summed E-state index contributed by atoms with van der Waals surface area (Å²) in [6.45, 7) is 1.78. The van der Waals surface area contributed by atoms with E-state index >= 15 is 0 Å². The number of furan rings is 1. The Bertz CT molecular complexity index is 1010. The summed E-state index contributed by atoms with van der Waals surface area (Å²) in [5, 5.41) is 3.01. The smallest absolute Gasteiger partial charge is 0.416 e. The van der Waals surface area contributed by atoms with Crippen LogP contribution in [0, 0.1) is 6.92 Å². The first-order valence-corrected chi connectivity index (χ1v) is 8.17. The van der Waals surface area contributed by atoms with Gasteiger partial charge in [0.25, 0.3) is 5.91 Å². The Kier molecular flexibility index (Phi) is 4.89. The molecule has 0 aliphatic rings. The molecule has 0 fully saturated rings. The van der Waals surface area contributed by atoms with Crippen molar-refractivity contribution in [3.05, 3.63) is 70.4 Å². The highest BCUT2D eigenvalue weighted by molar-refractivity contribution is 6.32. The number of halogens is 4. The van der Waals surface area contributed by atoms with Crippen LogP contribution in [-0.2, 0) is 6.18 Å². The number of amides is 1. The van der Waals surface area contributed by atoms with Gasteiger partial charge in [0.15, 0.2) is 5.76 Å². The van der Waals surface area contributed by atoms with Crippen molar-refractivity contribution in [2.24, 2.45) is 0 Å². The van der Waals surface area contributed by atoms with Gasteiger partial charge in [0.05, 0.1) is 16.9 Å². The van der Waals surface area contributed by atoms with Crippen LogP contribution < -0.4 is 11.1 Å². The number of rotatable bonds is 3. The largest absolute Gasteiger partial charge is 0.451 e. The van der Waals surface area contributed by atoms with E-state index in [-0.39, 0.29) is 17.1 Å². The number of anilines is 2. The number of nitrogens with two attached hydrogens (primary N) is 1. The van der Waals surface area contributed by atoms with Gasteiger partial charge in [-0.2, -0.15) is 13.2 Å². The molecule has 0 aliphatic heterocycles. The monoisotopic (exact) mass is 394 g/mol. The number of nitrogens with one attached hydrogen (secondary N) is 1. The van der Waals surface area contributed by atoms with E-state index in [0.29, 0.717) is 16.4 Å². The molecule has 0 atom stereocenters. The molecule has 3 N–H and O–H groups in total. The summed E-state index contributed by atoms with van der Waals surface area (Å²) in [5.41, 5.74) is 6.67. The van der Waals surface area contributed by atoms with Crippen molar-refractivity contribution in [2.45, 2.75) is 13.1 Å². The molecule has 1 amide bonds. The van der Waals surface area contributed by atoms with Crippen molar-refractivity contribution in [2.75, 3.05) is 11.1 Å². The fraction of sp³-hybridized carbons (Fsp3) is 0.105. The molecule has 140 valence electrons. The molecule has 0 saturated carbocycles. The van der Waals surface area contributed by atoms with Crippen molar-refractivity contribution in [3.8, 4) is 11.3 Å². The van der Waals surface area contributed by atoms with Gasteiger partial charge in [-0.3, -0.25) is 4.79 Å². The maximum absolute atomic E-state index is 12.8. The van der Waals surface area contributed by atoms with Gasteiger partial charge in [-0.25, -0.2) is 0 Å². The fourth-order valence-corrected chi connectivity index (χ4v) is 2.62. The predicted molar refractivity (Wildman–Crippen MR) is 97.7 cm³/mol. The number of alkyl halides is 3. The van der Waals surface area contributed by atoms with Gasteiger partial charge >= 0.3 is 6.18 Å². The lowest BCUT2D eigenvalue weighted by Crippen LogP contribution is -2.12. The summed E-state index contributed by atoms with van der Waals surface area (Å²) in [7, 11) is 0. The number of benzene rings is 2. The zero-order valence-electron chi connectivity index (χ0n) is 14.0. The third kappa shape index (κ3) is 4.09. The normalized spacial score (nSPS) is 11.4. The molecule has 1 aromatic heterocycles. The van der Waals surface area contributed by atoms with Crippen LogP contribution in [0.5, 0.6) is 0 Å². The lowest BCUT2D eigenvalue weighted by molar-refractivity contribution is -0.137. The Morgan fingerprint density at radius 3 is 2.59 bits per heavy atom. The lowest BCUT2D eigenvalue weighted by atomic mass is 10.1. The summed E-state index contributed by atoms with van der Waals surface area (Å²) >= 11 is 6.03. The first-order chi connectivity index (χ1) is 12.6. The summed E-state index contributed by atoms with van der Waals surface area (Å²) in [5.74, 6) is -0.528. The highest BCUT2D eigenvalue weighted by atomic mass is 35.5. The molecule has 0 saturated heterocycles. The van der Waals surface area contributed by atoms with E-state index in [2.05, 4.69) is 5.32 Å². The highest BCUT2D eigenvalue weighted by Gasteiger charge is 2.30. The molecule has 1 heterocycles. The Labute approximate surface area is 157 Å². The molecule has 3 rings (SSSR count). The van der Waals surface area contributed by atoms with Gasteiger partial charge < -0.3 is 15.5 Å². The average molecular weight is 395 g/mol. The topological polar surface area (TPSA) is 68.3 Å². The van der Waals surface area contributed by atoms with Crippen LogP contribution in [0.15, 0.2) is 52.9 Å². The van der Waals surface area contributed by atoms with Crippen LogP contribution >= 0.6 is 11.6 Å². The van der Waals surface area contributed by atoms with Gasteiger partial charge in [-0.15, -0.1) is 0 Å². The molecular weight excluding hydrogens is 381 g/mol. The second-order valence-corrected chi connectivity index (χ2v) is 6.29. The van der Waals surface area contributed by atoms with Crippen molar-refractivity contribution < 1.29 is 22.4 Å². The lowest BCUT2D eigenvalue weighted by Gasteiger charge is -2.09. The number of carbonyl (C=O) groups excluding carboxylic acids is 1. The van der Waals surface area contributed by atoms with Gasteiger partial charge in [0.1, 0.15) is 5.76 Å². The van der Waals surface area contributed by atoms with Crippen molar-refractivity contribution >= 4 is 28.9 Å². The van der Waals surface area contributed by atoms with Crippen LogP contribution in [-0.4, -0.2) is 5.91 Å². The van der Waals surface area contributed by atoms with E-state index in [0.717, 1.165) is 17.7 Å². The van der Waals surface area contributed by atoms with Gasteiger partial charge in [-0.05, 0) is 48.9 Å². The summed E-state index contributed by atoms with van der Waals surface area (Å²) in [6, 6.07) is 10.6. The van der Waals surface area contributed by atoms with Gasteiger partial charge in [-0.1, -0.05) is 23.7 Å². The second kappa shape index (κ2) is 7.00. The van der Waals surface area contributed by atoms with Crippen LogP contribution in [0.25, 0.3) is 11.3 Å². The zero-order valence-corrected chi connectivity index (χ0v) is 14.8. The Morgan fingerprint density at radius 1 is 1.15 bits per heavy atom. The van der Waals surface area contributed by atoms with Gasteiger partial charge in [0, 0.05) is 10.6 Å².